The molecule has 1 unspecified atom stereocenters. The minimum absolute atomic E-state index is 0.380. The number of nitrogens with one attached hydrogen (secondary N) is 1. The lowest BCUT2D eigenvalue weighted by atomic mass is 9.87. The van der Waals surface area contributed by atoms with Gasteiger partial charge in [0, 0.05) is 6.04 Å². The third kappa shape index (κ3) is 2.28. The minimum atomic E-state index is 0.380. The van der Waals surface area contributed by atoms with Gasteiger partial charge < -0.3 is 5.32 Å². The Labute approximate surface area is 91.3 Å². The van der Waals surface area contributed by atoms with Crippen LogP contribution in [0.2, 0.25) is 0 Å². The van der Waals surface area contributed by atoms with Crippen molar-refractivity contribution in [1.82, 2.24) is 10.2 Å². The van der Waals surface area contributed by atoms with Crippen LogP contribution in [0.3, 0.4) is 0 Å². The third-order valence-electron chi connectivity index (χ3n) is 3.37. The van der Waals surface area contributed by atoms with Gasteiger partial charge in [-0.05, 0) is 36.8 Å². The highest BCUT2D eigenvalue weighted by Crippen LogP contribution is 2.38. The lowest BCUT2D eigenvalue weighted by Crippen LogP contribution is -2.31. The second-order valence-electron chi connectivity index (χ2n) is 5.20. The van der Waals surface area contributed by atoms with Crippen LogP contribution in [-0.4, -0.2) is 16.2 Å². The van der Waals surface area contributed by atoms with Gasteiger partial charge in [0.2, 0.25) is 0 Å². The van der Waals surface area contributed by atoms with Gasteiger partial charge in [0.05, 0.1) is 6.20 Å². The monoisotopic (exact) mass is 205 g/mol. The highest BCUT2D eigenvalue weighted by Gasteiger charge is 2.34. The van der Waals surface area contributed by atoms with Crippen LogP contribution in [0.15, 0.2) is 12.3 Å². The first-order valence-electron chi connectivity index (χ1n) is 5.64. The first kappa shape index (κ1) is 10.4. The molecule has 3 nitrogen and oxygen atoms in total. The molecule has 3 heteroatoms. The van der Waals surface area contributed by atoms with E-state index in [0.717, 1.165) is 11.4 Å². The van der Waals surface area contributed by atoms with Crippen molar-refractivity contribution >= 4 is 5.82 Å². The van der Waals surface area contributed by atoms with Crippen molar-refractivity contribution < 1.29 is 0 Å². The number of hydrogen-bond donors (Lipinski definition) is 1. The van der Waals surface area contributed by atoms with Crippen LogP contribution in [0.1, 0.15) is 38.7 Å². The van der Waals surface area contributed by atoms with Crippen LogP contribution in [0.25, 0.3) is 0 Å². The normalized spacial score (nSPS) is 24.1. The van der Waals surface area contributed by atoms with Crippen LogP contribution in [0.4, 0.5) is 5.82 Å². The van der Waals surface area contributed by atoms with E-state index in [4.69, 9.17) is 0 Å². The molecule has 0 saturated heterocycles. The molecule has 1 aliphatic rings. The van der Waals surface area contributed by atoms with Crippen LogP contribution in [0, 0.1) is 12.3 Å². The molecule has 0 bridgehead atoms. The fourth-order valence-electron chi connectivity index (χ4n) is 2.31. The Morgan fingerprint density at radius 3 is 2.87 bits per heavy atom. The largest absolute Gasteiger partial charge is 0.365 e. The van der Waals surface area contributed by atoms with E-state index in [0.29, 0.717) is 11.5 Å². The molecule has 2 rings (SSSR count). The van der Waals surface area contributed by atoms with E-state index in [1.54, 1.807) is 6.20 Å². The molecule has 1 aromatic rings. The summed E-state index contributed by atoms with van der Waals surface area (Å²) in [5.41, 5.74) is 1.54. The zero-order valence-corrected chi connectivity index (χ0v) is 9.75. The number of nitrogens with zero attached hydrogens (tertiary/aromatic N) is 2. The molecule has 1 heterocycles. The van der Waals surface area contributed by atoms with Gasteiger partial charge in [-0.3, -0.25) is 0 Å². The Balaban J connectivity index is 2.09. The summed E-state index contributed by atoms with van der Waals surface area (Å²) in [4.78, 5) is 0. The molecular formula is C12H19N3. The number of aryl methyl sites for hydroxylation is 1. The second-order valence-corrected chi connectivity index (χ2v) is 5.20. The van der Waals surface area contributed by atoms with Gasteiger partial charge in [-0.25, -0.2) is 0 Å². The molecule has 0 amide bonds. The summed E-state index contributed by atoms with van der Waals surface area (Å²) in [6.45, 7) is 6.68. The summed E-state index contributed by atoms with van der Waals surface area (Å²) in [7, 11) is 0. The van der Waals surface area contributed by atoms with Crippen LogP contribution >= 0.6 is 0 Å². The number of rotatable bonds is 2. The standard InChI is InChI=1S/C12H19N3/c1-9-7-11(15-13-8-9)14-10-5-4-6-12(10,2)3/h7-8,10H,4-6H2,1-3H3,(H,14,15). The molecular weight excluding hydrogens is 186 g/mol. The molecule has 1 fully saturated rings. The quantitative estimate of drug-likeness (QED) is 0.806. The molecule has 15 heavy (non-hydrogen) atoms. The zero-order chi connectivity index (χ0) is 10.9. The maximum absolute atomic E-state index is 4.11. The molecule has 1 atom stereocenters. The van der Waals surface area contributed by atoms with Gasteiger partial charge in [-0.15, -0.1) is 5.10 Å². The highest BCUT2D eigenvalue weighted by molar-refractivity contribution is 5.37. The van der Waals surface area contributed by atoms with Crippen molar-refractivity contribution in [2.24, 2.45) is 5.41 Å². The number of anilines is 1. The summed E-state index contributed by atoms with van der Waals surface area (Å²) in [5.74, 6) is 0.912. The van der Waals surface area contributed by atoms with Gasteiger partial charge >= 0.3 is 0 Å². The fourth-order valence-corrected chi connectivity index (χ4v) is 2.31. The van der Waals surface area contributed by atoms with E-state index in [-0.39, 0.29) is 0 Å². The van der Waals surface area contributed by atoms with Gasteiger partial charge in [0.25, 0.3) is 0 Å². The van der Waals surface area contributed by atoms with Crippen molar-refractivity contribution in [2.45, 2.75) is 46.1 Å². The second kappa shape index (κ2) is 3.80. The van der Waals surface area contributed by atoms with E-state index in [1.165, 1.54) is 19.3 Å². The highest BCUT2D eigenvalue weighted by atomic mass is 15.2. The van der Waals surface area contributed by atoms with E-state index in [2.05, 4.69) is 35.4 Å². The molecule has 0 radical (unpaired) electrons. The SMILES string of the molecule is Cc1cnnc(NC2CCCC2(C)C)c1. The predicted octanol–water partition coefficient (Wildman–Crippen LogP) is 2.78. The molecule has 1 saturated carbocycles. The third-order valence-corrected chi connectivity index (χ3v) is 3.37. The van der Waals surface area contributed by atoms with E-state index < -0.39 is 0 Å². The van der Waals surface area contributed by atoms with Gasteiger partial charge in [-0.1, -0.05) is 20.3 Å². The zero-order valence-electron chi connectivity index (χ0n) is 9.75. The van der Waals surface area contributed by atoms with E-state index in [1.807, 2.05) is 6.92 Å². The van der Waals surface area contributed by atoms with E-state index in [9.17, 15) is 0 Å². The minimum Gasteiger partial charge on any atom is -0.365 e. The Morgan fingerprint density at radius 1 is 1.47 bits per heavy atom. The number of hydrogen-bond acceptors (Lipinski definition) is 3. The molecule has 1 aromatic heterocycles. The van der Waals surface area contributed by atoms with Crippen LogP contribution in [0.5, 0.6) is 0 Å². The maximum Gasteiger partial charge on any atom is 0.149 e. The average molecular weight is 205 g/mol. The Morgan fingerprint density at radius 2 is 2.27 bits per heavy atom. The summed E-state index contributed by atoms with van der Waals surface area (Å²) in [5, 5.41) is 11.6. The summed E-state index contributed by atoms with van der Waals surface area (Å²) in [6.07, 6.45) is 5.63. The topological polar surface area (TPSA) is 37.8 Å². The molecule has 1 aliphatic carbocycles. The van der Waals surface area contributed by atoms with E-state index >= 15 is 0 Å². The molecule has 0 aliphatic heterocycles. The van der Waals surface area contributed by atoms with Crippen molar-refractivity contribution in [2.75, 3.05) is 5.32 Å². The smallest absolute Gasteiger partial charge is 0.149 e. The van der Waals surface area contributed by atoms with Crippen molar-refractivity contribution in [3.63, 3.8) is 0 Å². The summed E-state index contributed by atoms with van der Waals surface area (Å²) < 4.78 is 0. The molecule has 82 valence electrons. The summed E-state index contributed by atoms with van der Waals surface area (Å²) >= 11 is 0. The Bertz CT molecular complexity index is 346. The first-order valence-corrected chi connectivity index (χ1v) is 5.64. The Kier molecular flexibility index (Phi) is 2.63. The van der Waals surface area contributed by atoms with Crippen LogP contribution in [-0.2, 0) is 0 Å². The van der Waals surface area contributed by atoms with Gasteiger partial charge in [0.1, 0.15) is 5.82 Å². The fraction of sp³-hybridized carbons (Fsp3) is 0.667. The first-order chi connectivity index (χ1) is 7.08. The van der Waals surface area contributed by atoms with Crippen molar-refractivity contribution in [3.05, 3.63) is 17.8 Å². The number of aromatic nitrogens is 2. The summed E-state index contributed by atoms with van der Waals surface area (Å²) in [6, 6.07) is 2.59. The molecule has 0 spiro atoms. The lowest BCUT2D eigenvalue weighted by Gasteiger charge is -2.28. The maximum atomic E-state index is 4.11. The molecule has 0 aromatic carbocycles. The van der Waals surface area contributed by atoms with Crippen molar-refractivity contribution in [1.29, 1.82) is 0 Å². The van der Waals surface area contributed by atoms with Gasteiger partial charge in [0.15, 0.2) is 0 Å². The van der Waals surface area contributed by atoms with Crippen molar-refractivity contribution in [3.8, 4) is 0 Å². The predicted molar refractivity (Wildman–Crippen MR) is 61.8 cm³/mol. The average Bonchev–Trinajstić information content (AvgIpc) is 2.46. The lowest BCUT2D eigenvalue weighted by molar-refractivity contribution is 0.349. The van der Waals surface area contributed by atoms with Gasteiger partial charge in [-0.2, -0.15) is 5.10 Å². The Hall–Kier alpha value is -1.12. The molecule has 1 N–H and O–H groups in total. The van der Waals surface area contributed by atoms with Crippen LogP contribution < -0.4 is 5.32 Å².